The van der Waals surface area contributed by atoms with Crippen LogP contribution in [-0.2, 0) is 4.79 Å². The lowest BCUT2D eigenvalue weighted by atomic mass is 9.94. The van der Waals surface area contributed by atoms with Gasteiger partial charge in [0.2, 0.25) is 5.82 Å². The number of nitro groups is 1. The average Bonchev–Trinajstić information content (AvgIpc) is 2.24. The van der Waals surface area contributed by atoms with Gasteiger partial charge in [-0.25, -0.2) is 0 Å². The van der Waals surface area contributed by atoms with Crippen LogP contribution in [0.5, 0.6) is 0 Å². The summed E-state index contributed by atoms with van der Waals surface area (Å²) in [6, 6.07) is 3.21. The van der Waals surface area contributed by atoms with Gasteiger partial charge in [-0.2, -0.15) is 4.39 Å². The summed E-state index contributed by atoms with van der Waals surface area (Å²) in [5, 5.41) is 19.4. The van der Waals surface area contributed by atoms with Crippen molar-refractivity contribution in [3.63, 3.8) is 0 Å². The number of nitro benzene ring substituents is 1. The lowest BCUT2D eigenvalue weighted by Crippen LogP contribution is -2.11. The second-order valence-corrected chi connectivity index (χ2v) is 3.65. The Hall–Kier alpha value is -1.98. The molecule has 1 atom stereocenters. The molecular formula is C11H12FNO4. The predicted octanol–water partition coefficient (Wildman–Crippen LogP) is 2.70. The van der Waals surface area contributed by atoms with Gasteiger partial charge in [-0.05, 0) is 18.1 Å². The van der Waals surface area contributed by atoms with Gasteiger partial charge in [0.05, 0.1) is 10.8 Å². The zero-order valence-electron chi connectivity index (χ0n) is 9.22. The van der Waals surface area contributed by atoms with Crippen LogP contribution in [0.25, 0.3) is 0 Å². The van der Waals surface area contributed by atoms with E-state index in [1.54, 1.807) is 0 Å². The van der Waals surface area contributed by atoms with Crippen LogP contribution in [0, 0.1) is 15.9 Å². The molecule has 92 valence electrons. The molecule has 0 saturated heterocycles. The maximum absolute atomic E-state index is 13.3. The predicted molar refractivity (Wildman–Crippen MR) is 58.3 cm³/mol. The Morgan fingerprint density at radius 1 is 1.59 bits per heavy atom. The van der Waals surface area contributed by atoms with E-state index in [1.807, 2.05) is 6.92 Å². The van der Waals surface area contributed by atoms with E-state index < -0.39 is 28.3 Å². The highest BCUT2D eigenvalue weighted by Crippen LogP contribution is 2.26. The Morgan fingerprint density at radius 2 is 2.24 bits per heavy atom. The minimum Gasteiger partial charge on any atom is -0.481 e. The SMILES string of the molecule is CCCC(C(=O)O)c1ccc([N+](=O)[O-])c(F)c1. The number of hydrogen-bond donors (Lipinski definition) is 1. The fourth-order valence-electron chi connectivity index (χ4n) is 1.61. The van der Waals surface area contributed by atoms with E-state index in [0.717, 1.165) is 12.1 Å². The number of aliphatic carboxylic acids is 1. The van der Waals surface area contributed by atoms with Gasteiger partial charge in [0, 0.05) is 6.07 Å². The highest BCUT2D eigenvalue weighted by atomic mass is 19.1. The van der Waals surface area contributed by atoms with Crippen LogP contribution in [0.4, 0.5) is 10.1 Å². The Labute approximate surface area is 97.0 Å². The molecule has 0 aliphatic carbocycles. The van der Waals surface area contributed by atoms with Crippen molar-refractivity contribution in [2.24, 2.45) is 0 Å². The second-order valence-electron chi connectivity index (χ2n) is 3.65. The Morgan fingerprint density at radius 3 is 2.65 bits per heavy atom. The fraction of sp³-hybridized carbons (Fsp3) is 0.364. The van der Waals surface area contributed by atoms with Gasteiger partial charge in [-0.15, -0.1) is 0 Å². The third-order valence-electron chi connectivity index (χ3n) is 2.45. The number of hydrogen-bond acceptors (Lipinski definition) is 3. The minimum atomic E-state index is -1.06. The first-order chi connectivity index (χ1) is 7.97. The molecule has 0 bridgehead atoms. The van der Waals surface area contributed by atoms with Gasteiger partial charge in [-0.1, -0.05) is 19.4 Å². The second kappa shape index (κ2) is 5.38. The summed E-state index contributed by atoms with van der Waals surface area (Å²) >= 11 is 0. The van der Waals surface area contributed by atoms with Crippen molar-refractivity contribution < 1.29 is 19.2 Å². The molecule has 0 saturated carbocycles. The van der Waals surface area contributed by atoms with Crippen LogP contribution < -0.4 is 0 Å². The molecule has 1 aromatic rings. The number of benzene rings is 1. The van der Waals surface area contributed by atoms with Crippen LogP contribution in [0.15, 0.2) is 18.2 Å². The van der Waals surface area contributed by atoms with Crippen molar-refractivity contribution in [2.75, 3.05) is 0 Å². The minimum absolute atomic E-state index is 0.252. The number of carbonyl (C=O) groups is 1. The van der Waals surface area contributed by atoms with E-state index in [1.165, 1.54) is 6.07 Å². The molecule has 0 fully saturated rings. The van der Waals surface area contributed by atoms with Gasteiger partial charge >= 0.3 is 11.7 Å². The Bertz CT molecular complexity index is 447. The molecule has 6 heteroatoms. The van der Waals surface area contributed by atoms with E-state index in [4.69, 9.17) is 5.11 Å². The number of rotatable bonds is 5. The normalized spacial score (nSPS) is 12.1. The molecule has 0 amide bonds. The van der Waals surface area contributed by atoms with Gasteiger partial charge in [-0.3, -0.25) is 14.9 Å². The van der Waals surface area contributed by atoms with E-state index in [2.05, 4.69) is 0 Å². The van der Waals surface area contributed by atoms with Crippen LogP contribution >= 0.6 is 0 Å². The average molecular weight is 241 g/mol. The van der Waals surface area contributed by atoms with Crippen LogP contribution in [0.3, 0.4) is 0 Å². The number of halogens is 1. The lowest BCUT2D eigenvalue weighted by Gasteiger charge is -2.11. The number of carboxylic acid groups (broad SMARTS) is 1. The highest BCUT2D eigenvalue weighted by Gasteiger charge is 2.22. The van der Waals surface area contributed by atoms with Crippen LogP contribution in [0.1, 0.15) is 31.2 Å². The third-order valence-corrected chi connectivity index (χ3v) is 2.45. The maximum Gasteiger partial charge on any atom is 0.310 e. The first kappa shape index (κ1) is 13.1. The fourth-order valence-corrected chi connectivity index (χ4v) is 1.61. The van der Waals surface area contributed by atoms with Crippen LogP contribution in [0.2, 0.25) is 0 Å². The quantitative estimate of drug-likeness (QED) is 0.634. The summed E-state index contributed by atoms with van der Waals surface area (Å²) in [5.41, 5.74) is -0.392. The van der Waals surface area contributed by atoms with Crippen molar-refractivity contribution in [1.29, 1.82) is 0 Å². The zero-order chi connectivity index (χ0) is 13.0. The molecule has 0 radical (unpaired) electrons. The molecule has 17 heavy (non-hydrogen) atoms. The molecule has 1 N–H and O–H groups in total. The van der Waals surface area contributed by atoms with Gasteiger partial charge < -0.3 is 5.11 Å². The largest absolute Gasteiger partial charge is 0.481 e. The van der Waals surface area contributed by atoms with E-state index >= 15 is 0 Å². The monoisotopic (exact) mass is 241 g/mol. The zero-order valence-corrected chi connectivity index (χ0v) is 9.22. The van der Waals surface area contributed by atoms with Crippen molar-refractivity contribution in [3.05, 3.63) is 39.7 Å². The lowest BCUT2D eigenvalue weighted by molar-refractivity contribution is -0.387. The topological polar surface area (TPSA) is 80.4 Å². The van der Waals surface area contributed by atoms with E-state index in [9.17, 15) is 19.3 Å². The summed E-state index contributed by atoms with van der Waals surface area (Å²) < 4.78 is 13.3. The van der Waals surface area contributed by atoms with Crippen molar-refractivity contribution in [3.8, 4) is 0 Å². The van der Waals surface area contributed by atoms with E-state index in [0.29, 0.717) is 12.8 Å². The van der Waals surface area contributed by atoms with Crippen molar-refractivity contribution in [2.45, 2.75) is 25.7 Å². The summed E-state index contributed by atoms with van der Waals surface area (Å²) in [7, 11) is 0. The molecular weight excluding hydrogens is 229 g/mol. The van der Waals surface area contributed by atoms with Crippen LogP contribution in [-0.4, -0.2) is 16.0 Å². The molecule has 1 unspecified atom stereocenters. The Kier molecular flexibility index (Phi) is 4.14. The molecule has 1 aromatic carbocycles. The summed E-state index contributed by atoms with van der Waals surface area (Å²) in [6.45, 7) is 1.82. The summed E-state index contributed by atoms with van der Waals surface area (Å²) in [4.78, 5) is 20.5. The molecule has 0 heterocycles. The molecule has 0 aromatic heterocycles. The molecule has 0 aliphatic rings. The molecule has 0 spiro atoms. The maximum atomic E-state index is 13.3. The summed E-state index contributed by atoms with van der Waals surface area (Å²) in [6.07, 6.45) is 1.00. The Balaban J connectivity index is 3.10. The number of nitrogens with zero attached hydrogens (tertiary/aromatic N) is 1. The van der Waals surface area contributed by atoms with Gasteiger partial charge in [0.1, 0.15) is 0 Å². The van der Waals surface area contributed by atoms with E-state index in [-0.39, 0.29) is 5.56 Å². The summed E-state index contributed by atoms with van der Waals surface area (Å²) in [5.74, 6) is -2.88. The highest BCUT2D eigenvalue weighted by molar-refractivity contribution is 5.76. The van der Waals surface area contributed by atoms with Crippen molar-refractivity contribution >= 4 is 11.7 Å². The van der Waals surface area contributed by atoms with Gasteiger partial charge in [0.25, 0.3) is 0 Å². The number of carboxylic acids is 1. The first-order valence-corrected chi connectivity index (χ1v) is 5.14. The molecule has 5 nitrogen and oxygen atoms in total. The smallest absolute Gasteiger partial charge is 0.310 e. The van der Waals surface area contributed by atoms with Gasteiger partial charge in [0.15, 0.2) is 0 Å². The first-order valence-electron chi connectivity index (χ1n) is 5.14. The molecule has 0 aliphatic heterocycles. The standard InChI is InChI=1S/C11H12FNO4/c1-2-3-8(11(14)15)7-4-5-10(13(16)17)9(12)6-7/h4-6,8H,2-3H2,1H3,(H,14,15). The third kappa shape index (κ3) is 2.99. The molecule has 1 rings (SSSR count). The van der Waals surface area contributed by atoms with Crippen molar-refractivity contribution in [1.82, 2.24) is 0 Å².